The van der Waals surface area contributed by atoms with Gasteiger partial charge in [0.2, 0.25) is 5.95 Å². The van der Waals surface area contributed by atoms with Crippen LogP contribution in [0, 0.1) is 17.8 Å². The normalized spacial score (nSPS) is 43.2. The van der Waals surface area contributed by atoms with Gasteiger partial charge < -0.3 is 10.3 Å². The maximum Gasteiger partial charge on any atom is 0.221 e. The van der Waals surface area contributed by atoms with E-state index >= 15 is 0 Å². The molecule has 17 heavy (non-hydrogen) atoms. The van der Waals surface area contributed by atoms with Crippen LogP contribution in [0.1, 0.15) is 44.3 Å². The highest BCUT2D eigenvalue weighted by Crippen LogP contribution is 2.60. The molecule has 4 aliphatic rings. The third kappa shape index (κ3) is 1.24. The molecule has 4 heteroatoms. The van der Waals surface area contributed by atoms with E-state index in [4.69, 9.17) is 5.73 Å². The van der Waals surface area contributed by atoms with Crippen LogP contribution in [-0.4, -0.2) is 14.8 Å². The molecule has 0 spiro atoms. The molecule has 92 valence electrons. The zero-order valence-electron chi connectivity index (χ0n) is 10.4. The SMILES string of the molecule is Cn1c(N)nnc1C12CC3CC(CC(C3)C1)C2. The van der Waals surface area contributed by atoms with E-state index in [2.05, 4.69) is 10.2 Å². The van der Waals surface area contributed by atoms with Crippen molar-refractivity contribution in [2.75, 3.05) is 5.73 Å². The molecular formula is C13H20N4. The first-order chi connectivity index (χ1) is 8.16. The zero-order chi connectivity index (χ0) is 11.6. The van der Waals surface area contributed by atoms with E-state index in [1.807, 2.05) is 11.6 Å². The smallest absolute Gasteiger partial charge is 0.221 e. The van der Waals surface area contributed by atoms with Gasteiger partial charge in [-0.05, 0) is 56.3 Å². The predicted molar refractivity (Wildman–Crippen MR) is 65.3 cm³/mol. The number of hydrogen-bond donors (Lipinski definition) is 1. The van der Waals surface area contributed by atoms with Crippen molar-refractivity contribution in [3.05, 3.63) is 5.82 Å². The van der Waals surface area contributed by atoms with Crippen LogP contribution in [0.4, 0.5) is 5.95 Å². The molecule has 1 aromatic rings. The molecule has 4 bridgehead atoms. The van der Waals surface area contributed by atoms with Gasteiger partial charge in [0.1, 0.15) is 5.82 Å². The highest BCUT2D eigenvalue weighted by atomic mass is 15.3. The summed E-state index contributed by atoms with van der Waals surface area (Å²) in [5, 5.41) is 8.46. The average molecular weight is 232 g/mol. The Balaban J connectivity index is 1.80. The van der Waals surface area contributed by atoms with Gasteiger partial charge in [0.05, 0.1) is 0 Å². The molecule has 0 radical (unpaired) electrons. The number of aromatic nitrogens is 3. The van der Waals surface area contributed by atoms with Gasteiger partial charge in [0.25, 0.3) is 0 Å². The molecule has 4 nitrogen and oxygen atoms in total. The molecule has 1 heterocycles. The minimum Gasteiger partial charge on any atom is -0.368 e. The van der Waals surface area contributed by atoms with Crippen LogP contribution in [0.3, 0.4) is 0 Å². The maximum atomic E-state index is 5.85. The quantitative estimate of drug-likeness (QED) is 0.804. The second-order valence-corrected chi connectivity index (χ2v) is 6.64. The summed E-state index contributed by atoms with van der Waals surface area (Å²) in [5.41, 5.74) is 6.16. The molecule has 4 aliphatic carbocycles. The third-order valence-electron chi connectivity index (χ3n) is 5.42. The summed E-state index contributed by atoms with van der Waals surface area (Å²) >= 11 is 0. The maximum absolute atomic E-state index is 5.85. The fraction of sp³-hybridized carbons (Fsp3) is 0.846. The van der Waals surface area contributed by atoms with Crippen molar-refractivity contribution in [3.63, 3.8) is 0 Å². The lowest BCUT2D eigenvalue weighted by molar-refractivity contribution is -0.0107. The van der Waals surface area contributed by atoms with Gasteiger partial charge in [0.15, 0.2) is 0 Å². The first-order valence-corrected chi connectivity index (χ1v) is 6.82. The Morgan fingerprint density at radius 1 is 1.06 bits per heavy atom. The summed E-state index contributed by atoms with van der Waals surface area (Å²) < 4.78 is 2.02. The predicted octanol–water partition coefficient (Wildman–Crippen LogP) is 1.87. The second kappa shape index (κ2) is 3.03. The van der Waals surface area contributed by atoms with Crippen molar-refractivity contribution in [1.82, 2.24) is 14.8 Å². The Labute approximate surface area is 102 Å². The van der Waals surface area contributed by atoms with Crippen LogP contribution in [0.15, 0.2) is 0 Å². The van der Waals surface area contributed by atoms with E-state index in [1.54, 1.807) is 0 Å². The molecule has 0 aliphatic heterocycles. The van der Waals surface area contributed by atoms with Crippen LogP contribution >= 0.6 is 0 Å². The molecule has 0 amide bonds. The largest absolute Gasteiger partial charge is 0.368 e. The summed E-state index contributed by atoms with van der Waals surface area (Å²) in [4.78, 5) is 0. The Kier molecular flexibility index (Phi) is 1.77. The number of rotatable bonds is 1. The zero-order valence-corrected chi connectivity index (χ0v) is 10.4. The minimum absolute atomic E-state index is 0.314. The number of hydrogen-bond acceptors (Lipinski definition) is 3. The number of anilines is 1. The Hall–Kier alpha value is -1.06. The average Bonchev–Trinajstić information content (AvgIpc) is 2.58. The van der Waals surface area contributed by atoms with Crippen molar-refractivity contribution >= 4 is 5.95 Å². The van der Waals surface area contributed by atoms with Crippen LogP contribution in [0.25, 0.3) is 0 Å². The van der Waals surface area contributed by atoms with Gasteiger partial charge in [-0.2, -0.15) is 0 Å². The Morgan fingerprint density at radius 3 is 2.00 bits per heavy atom. The molecule has 5 rings (SSSR count). The summed E-state index contributed by atoms with van der Waals surface area (Å²) in [6, 6.07) is 0. The Bertz CT molecular complexity index is 427. The first kappa shape index (κ1) is 9.92. The lowest BCUT2D eigenvalue weighted by Gasteiger charge is -2.56. The number of nitrogen functional groups attached to an aromatic ring is 1. The fourth-order valence-corrected chi connectivity index (χ4v) is 5.19. The monoisotopic (exact) mass is 232 g/mol. The van der Waals surface area contributed by atoms with Gasteiger partial charge in [-0.15, -0.1) is 10.2 Å². The number of nitrogens with zero attached hydrogens (tertiary/aromatic N) is 3. The van der Waals surface area contributed by atoms with Gasteiger partial charge >= 0.3 is 0 Å². The second-order valence-electron chi connectivity index (χ2n) is 6.64. The molecule has 4 fully saturated rings. The summed E-state index contributed by atoms with van der Waals surface area (Å²) in [6.07, 6.45) is 8.37. The van der Waals surface area contributed by atoms with Gasteiger partial charge in [-0.3, -0.25) is 0 Å². The van der Waals surface area contributed by atoms with Crippen LogP contribution in [0.2, 0.25) is 0 Å². The molecular weight excluding hydrogens is 212 g/mol. The molecule has 0 aromatic carbocycles. The van der Waals surface area contributed by atoms with E-state index in [-0.39, 0.29) is 0 Å². The topological polar surface area (TPSA) is 56.7 Å². The molecule has 2 N–H and O–H groups in total. The molecule has 1 aromatic heterocycles. The Morgan fingerprint density at radius 2 is 1.59 bits per heavy atom. The molecule has 4 saturated carbocycles. The molecule has 0 unspecified atom stereocenters. The van der Waals surface area contributed by atoms with Crippen LogP contribution < -0.4 is 5.73 Å². The first-order valence-electron chi connectivity index (χ1n) is 6.82. The van der Waals surface area contributed by atoms with E-state index < -0.39 is 0 Å². The van der Waals surface area contributed by atoms with Crippen molar-refractivity contribution in [2.24, 2.45) is 24.8 Å². The van der Waals surface area contributed by atoms with Gasteiger partial charge in [-0.1, -0.05) is 0 Å². The summed E-state index contributed by atoms with van der Waals surface area (Å²) in [7, 11) is 2.02. The highest BCUT2D eigenvalue weighted by Gasteiger charge is 2.53. The number of nitrogens with two attached hydrogens (primary N) is 1. The van der Waals surface area contributed by atoms with E-state index in [0.717, 1.165) is 23.6 Å². The minimum atomic E-state index is 0.314. The van der Waals surface area contributed by atoms with Crippen LogP contribution in [0.5, 0.6) is 0 Å². The molecule has 0 atom stereocenters. The van der Waals surface area contributed by atoms with E-state index in [1.165, 1.54) is 38.5 Å². The van der Waals surface area contributed by atoms with Gasteiger partial charge in [0, 0.05) is 12.5 Å². The lowest BCUT2D eigenvalue weighted by atomic mass is 9.49. The van der Waals surface area contributed by atoms with E-state index in [0.29, 0.717) is 11.4 Å². The van der Waals surface area contributed by atoms with Crippen LogP contribution in [-0.2, 0) is 12.5 Å². The fourth-order valence-electron chi connectivity index (χ4n) is 5.19. The van der Waals surface area contributed by atoms with E-state index in [9.17, 15) is 0 Å². The third-order valence-corrected chi connectivity index (χ3v) is 5.42. The molecule has 0 saturated heterocycles. The van der Waals surface area contributed by atoms with Crippen molar-refractivity contribution in [3.8, 4) is 0 Å². The standard InChI is InChI=1S/C13H20N4/c1-17-11(15-16-12(17)14)13-5-8-2-9(6-13)4-10(3-8)7-13/h8-10H,2-7H2,1H3,(H2,14,16). The van der Waals surface area contributed by atoms with Crippen molar-refractivity contribution < 1.29 is 0 Å². The van der Waals surface area contributed by atoms with Crippen molar-refractivity contribution in [1.29, 1.82) is 0 Å². The lowest BCUT2D eigenvalue weighted by Crippen LogP contribution is -2.49. The summed E-state index contributed by atoms with van der Waals surface area (Å²) in [5.74, 6) is 4.56. The summed E-state index contributed by atoms with van der Waals surface area (Å²) in [6.45, 7) is 0. The van der Waals surface area contributed by atoms with Gasteiger partial charge in [-0.25, -0.2) is 0 Å². The van der Waals surface area contributed by atoms with Crippen molar-refractivity contribution in [2.45, 2.75) is 43.9 Å². The highest BCUT2D eigenvalue weighted by molar-refractivity contribution is 5.24.